The molecule has 19 heavy (non-hydrogen) atoms. The van der Waals surface area contributed by atoms with E-state index in [2.05, 4.69) is 4.98 Å². The van der Waals surface area contributed by atoms with Gasteiger partial charge in [-0.05, 0) is 30.9 Å². The van der Waals surface area contributed by atoms with Gasteiger partial charge in [-0.15, -0.1) is 0 Å². The van der Waals surface area contributed by atoms with E-state index in [-0.39, 0.29) is 16.7 Å². The number of halogens is 1. The second kappa shape index (κ2) is 4.45. The Kier molecular flexibility index (Phi) is 3.02. The van der Waals surface area contributed by atoms with Gasteiger partial charge in [-0.2, -0.15) is 0 Å². The summed E-state index contributed by atoms with van der Waals surface area (Å²) in [5.41, 5.74) is 1.63. The fourth-order valence-electron chi connectivity index (χ4n) is 2.30. The number of nitrogens with zero attached hydrogens (tertiary/aromatic N) is 2. The first-order chi connectivity index (χ1) is 8.95. The van der Waals surface area contributed by atoms with Crippen molar-refractivity contribution in [3.63, 3.8) is 0 Å². The minimum Gasteiger partial charge on any atom is -0.336 e. The summed E-state index contributed by atoms with van der Waals surface area (Å²) < 4.78 is 22.5. The summed E-state index contributed by atoms with van der Waals surface area (Å²) in [7, 11) is 1.56. The molecule has 102 valence electrons. The molecule has 0 N–H and O–H groups in total. The molecule has 1 aliphatic heterocycles. The zero-order valence-corrected chi connectivity index (χ0v) is 11.7. The van der Waals surface area contributed by atoms with E-state index in [1.165, 1.54) is 6.20 Å². The van der Waals surface area contributed by atoms with Crippen LogP contribution in [0.5, 0.6) is 0 Å². The standard InChI is InChI=1S/C12H13ClN2O3S/c13-19(17,18)10-5-9-3-4-15(7-11(9)14-6-10)12(16)8-1-2-8/h5-6,8H,1-4,7H2. The average molecular weight is 301 g/mol. The Hall–Kier alpha value is -1.14. The van der Waals surface area contributed by atoms with Gasteiger partial charge in [0, 0.05) is 29.3 Å². The molecule has 1 aliphatic carbocycles. The molecular weight excluding hydrogens is 288 g/mol. The highest BCUT2D eigenvalue weighted by Crippen LogP contribution is 2.32. The smallest absolute Gasteiger partial charge is 0.262 e. The lowest BCUT2D eigenvalue weighted by molar-refractivity contribution is -0.133. The van der Waals surface area contributed by atoms with Gasteiger partial charge in [-0.3, -0.25) is 9.78 Å². The Morgan fingerprint density at radius 2 is 2.16 bits per heavy atom. The van der Waals surface area contributed by atoms with E-state index in [0.29, 0.717) is 19.5 Å². The Bertz CT molecular complexity index is 640. The lowest BCUT2D eigenvalue weighted by atomic mass is 10.0. The largest absolute Gasteiger partial charge is 0.336 e. The first kappa shape index (κ1) is 12.9. The van der Waals surface area contributed by atoms with Crippen molar-refractivity contribution in [2.75, 3.05) is 6.54 Å². The summed E-state index contributed by atoms with van der Waals surface area (Å²) in [4.78, 5) is 17.9. The lowest BCUT2D eigenvalue weighted by Crippen LogP contribution is -2.37. The van der Waals surface area contributed by atoms with Crippen LogP contribution in [0.4, 0.5) is 0 Å². The number of fused-ring (bicyclic) bond motifs is 1. The summed E-state index contributed by atoms with van der Waals surface area (Å²) in [6, 6.07) is 1.56. The van der Waals surface area contributed by atoms with E-state index in [9.17, 15) is 13.2 Å². The lowest BCUT2D eigenvalue weighted by Gasteiger charge is -2.28. The molecule has 2 aliphatic rings. The second-order valence-corrected chi connectivity index (χ2v) is 7.56. The van der Waals surface area contributed by atoms with E-state index in [1.54, 1.807) is 6.07 Å². The number of hydrogen-bond acceptors (Lipinski definition) is 4. The molecule has 1 aromatic rings. The van der Waals surface area contributed by atoms with Gasteiger partial charge < -0.3 is 4.90 Å². The maximum Gasteiger partial charge on any atom is 0.262 e. The Balaban J connectivity index is 1.84. The third kappa shape index (κ3) is 2.60. The molecule has 1 saturated carbocycles. The maximum absolute atomic E-state index is 12.0. The summed E-state index contributed by atoms with van der Waals surface area (Å²) in [5, 5.41) is 0. The van der Waals surface area contributed by atoms with Crippen molar-refractivity contribution in [2.45, 2.75) is 30.7 Å². The number of rotatable bonds is 2. The topological polar surface area (TPSA) is 67.3 Å². The molecule has 7 heteroatoms. The molecule has 3 rings (SSSR count). The minimum atomic E-state index is -3.74. The first-order valence-electron chi connectivity index (χ1n) is 6.16. The van der Waals surface area contributed by atoms with Gasteiger partial charge in [0.25, 0.3) is 9.05 Å². The summed E-state index contributed by atoms with van der Waals surface area (Å²) >= 11 is 0. The van der Waals surface area contributed by atoms with E-state index in [4.69, 9.17) is 10.7 Å². The van der Waals surface area contributed by atoms with Crippen molar-refractivity contribution in [3.05, 3.63) is 23.5 Å². The molecule has 0 saturated heterocycles. The Morgan fingerprint density at radius 3 is 2.79 bits per heavy atom. The number of carbonyl (C=O) groups is 1. The fraction of sp³-hybridized carbons (Fsp3) is 0.500. The van der Waals surface area contributed by atoms with Crippen molar-refractivity contribution in [2.24, 2.45) is 5.92 Å². The Labute approximate surface area is 116 Å². The molecule has 2 heterocycles. The average Bonchev–Trinajstić information content (AvgIpc) is 3.20. The summed E-state index contributed by atoms with van der Waals surface area (Å²) in [5.74, 6) is 0.394. The van der Waals surface area contributed by atoms with Gasteiger partial charge in [0.2, 0.25) is 5.91 Å². The van der Waals surface area contributed by atoms with Crippen molar-refractivity contribution in [3.8, 4) is 0 Å². The number of pyridine rings is 1. The first-order valence-corrected chi connectivity index (χ1v) is 8.47. The normalized spacial score (nSPS) is 19.1. The highest BCUT2D eigenvalue weighted by molar-refractivity contribution is 8.13. The number of aromatic nitrogens is 1. The van der Waals surface area contributed by atoms with Crippen molar-refractivity contribution in [1.29, 1.82) is 0 Å². The van der Waals surface area contributed by atoms with Gasteiger partial charge in [0.1, 0.15) is 4.90 Å². The van der Waals surface area contributed by atoms with E-state index in [1.807, 2.05) is 4.90 Å². The van der Waals surface area contributed by atoms with Crippen LogP contribution in [-0.2, 0) is 26.8 Å². The van der Waals surface area contributed by atoms with Crippen LogP contribution < -0.4 is 0 Å². The molecule has 0 bridgehead atoms. The predicted molar refractivity (Wildman–Crippen MR) is 69.1 cm³/mol. The van der Waals surface area contributed by atoms with Crippen LogP contribution in [0, 0.1) is 5.92 Å². The van der Waals surface area contributed by atoms with Gasteiger partial charge in [-0.25, -0.2) is 8.42 Å². The van der Waals surface area contributed by atoms with Crippen LogP contribution in [0.15, 0.2) is 17.2 Å². The number of hydrogen-bond donors (Lipinski definition) is 0. The van der Waals surface area contributed by atoms with Crippen molar-refractivity contribution >= 4 is 25.6 Å². The summed E-state index contributed by atoms with van der Waals surface area (Å²) in [6.07, 6.45) is 3.85. The predicted octanol–water partition coefficient (Wildman–Crippen LogP) is 1.30. The number of amides is 1. The van der Waals surface area contributed by atoms with Crippen LogP contribution in [0.25, 0.3) is 0 Å². The van der Waals surface area contributed by atoms with Crippen LogP contribution >= 0.6 is 10.7 Å². The molecule has 0 radical (unpaired) electrons. The quantitative estimate of drug-likeness (QED) is 0.772. The molecule has 0 spiro atoms. The van der Waals surface area contributed by atoms with Crippen LogP contribution in [0.2, 0.25) is 0 Å². The molecule has 5 nitrogen and oxygen atoms in total. The molecule has 1 aromatic heterocycles. The van der Waals surface area contributed by atoms with E-state index < -0.39 is 9.05 Å². The third-order valence-electron chi connectivity index (χ3n) is 3.55. The zero-order valence-electron chi connectivity index (χ0n) is 10.2. The molecule has 0 unspecified atom stereocenters. The molecule has 0 atom stereocenters. The SMILES string of the molecule is O=C(C1CC1)N1CCc2cc(S(=O)(=O)Cl)cnc2C1. The maximum atomic E-state index is 12.0. The summed E-state index contributed by atoms with van der Waals surface area (Å²) in [6.45, 7) is 1.09. The van der Waals surface area contributed by atoms with Crippen LogP contribution in [-0.4, -0.2) is 30.8 Å². The van der Waals surface area contributed by atoms with Crippen molar-refractivity contribution < 1.29 is 13.2 Å². The Morgan fingerprint density at radius 1 is 1.42 bits per heavy atom. The van der Waals surface area contributed by atoms with Crippen molar-refractivity contribution in [1.82, 2.24) is 9.88 Å². The van der Waals surface area contributed by atoms with Gasteiger partial charge >= 0.3 is 0 Å². The molecule has 0 aromatic carbocycles. The highest BCUT2D eigenvalue weighted by Gasteiger charge is 2.35. The third-order valence-corrected chi connectivity index (χ3v) is 4.87. The fourth-order valence-corrected chi connectivity index (χ4v) is 3.02. The van der Waals surface area contributed by atoms with Gasteiger partial charge in [0.05, 0.1) is 12.2 Å². The second-order valence-electron chi connectivity index (χ2n) is 5.00. The molecule has 1 fully saturated rings. The zero-order chi connectivity index (χ0) is 13.6. The minimum absolute atomic E-state index is 0.0230. The van der Waals surface area contributed by atoms with E-state index >= 15 is 0 Å². The van der Waals surface area contributed by atoms with Crippen LogP contribution in [0.1, 0.15) is 24.1 Å². The molecular formula is C12H13ClN2O3S. The molecule has 1 amide bonds. The highest BCUT2D eigenvalue weighted by atomic mass is 35.7. The number of carbonyl (C=O) groups excluding carboxylic acids is 1. The van der Waals surface area contributed by atoms with E-state index in [0.717, 1.165) is 24.1 Å². The van der Waals surface area contributed by atoms with Gasteiger partial charge in [0.15, 0.2) is 0 Å². The van der Waals surface area contributed by atoms with Crippen LogP contribution in [0.3, 0.4) is 0 Å². The monoisotopic (exact) mass is 300 g/mol. The van der Waals surface area contributed by atoms with Gasteiger partial charge in [-0.1, -0.05) is 0 Å².